The van der Waals surface area contributed by atoms with Gasteiger partial charge >= 0.3 is 11.9 Å². The van der Waals surface area contributed by atoms with Crippen molar-refractivity contribution in [1.29, 1.82) is 0 Å². The summed E-state index contributed by atoms with van der Waals surface area (Å²) in [5, 5.41) is 0.473. The highest BCUT2D eigenvalue weighted by Gasteiger charge is 2.32. The van der Waals surface area contributed by atoms with Crippen LogP contribution in [0.15, 0.2) is 11.4 Å². The molecule has 1 aromatic rings. The van der Waals surface area contributed by atoms with Gasteiger partial charge in [-0.3, -0.25) is 4.79 Å². The molecule has 6 nitrogen and oxygen atoms in total. The number of imidazole rings is 1. The van der Waals surface area contributed by atoms with E-state index >= 15 is 0 Å². The molecule has 0 aliphatic carbocycles. The summed E-state index contributed by atoms with van der Waals surface area (Å²) >= 11 is 1.20. The van der Waals surface area contributed by atoms with Crippen LogP contribution < -0.4 is 0 Å². The number of nitrogens with one attached hydrogen (secondary N) is 1. The molecule has 0 aliphatic heterocycles. The van der Waals surface area contributed by atoms with E-state index in [0.717, 1.165) is 0 Å². The summed E-state index contributed by atoms with van der Waals surface area (Å²) in [5.74, 6) is -0.787. The van der Waals surface area contributed by atoms with Crippen LogP contribution in [0.25, 0.3) is 0 Å². The number of thioether (sulfide) groups is 1. The molecule has 0 radical (unpaired) electrons. The Labute approximate surface area is 116 Å². The van der Waals surface area contributed by atoms with E-state index in [1.54, 1.807) is 27.7 Å². The van der Waals surface area contributed by atoms with Crippen molar-refractivity contribution in [2.24, 2.45) is 0 Å². The minimum Gasteiger partial charge on any atom is -0.465 e. The zero-order chi connectivity index (χ0) is 14.5. The Hall–Kier alpha value is -1.50. The van der Waals surface area contributed by atoms with Gasteiger partial charge in [-0.25, -0.2) is 9.78 Å². The average Bonchev–Trinajstić information content (AvgIpc) is 2.77. The minimum atomic E-state index is -0.778. The Morgan fingerprint density at radius 3 is 2.53 bits per heavy atom. The molecule has 0 atom stereocenters. The Kier molecular flexibility index (Phi) is 5.41. The van der Waals surface area contributed by atoms with Gasteiger partial charge in [-0.2, -0.15) is 0 Å². The molecule has 106 valence electrons. The van der Waals surface area contributed by atoms with Gasteiger partial charge in [0.1, 0.15) is 10.4 Å². The first-order chi connectivity index (χ1) is 8.90. The first kappa shape index (κ1) is 15.6. The molecule has 0 saturated heterocycles. The van der Waals surface area contributed by atoms with E-state index in [9.17, 15) is 9.59 Å². The second-order valence-corrected chi connectivity index (χ2v) is 5.77. The van der Waals surface area contributed by atoms with Gasteiger partial charge in [-0.15, -0.1) is 0 Å². The van der Waals surface area contributed by atoms with Crippen LogP contribution in [0.3, 0.4) is 0 Å². The number of nitrogens with zero attached hydrogens (tertiary/aromatic N) is 1. The second-order valence-electron chi connectivity index (χ2n) is 4.16. The fraction of sp³-hybridized carbons (Fsp3) is 0.583. The van der Waals surface area contributed by atoms with Crippen LogP contribution in [0.2, 0.25) is 0 Å². The summed E-state index contributed by atoms with van der Waals surface area (Å²) < 4.78 is 9.05. The highest BCUT2D eigenvalue weighted by atomic mass is 32.2. The standard InChI is InChI=1S/C12H18N2O4S/c1-5-17-9(15)8-7-13-11(14-8)19-12(3,4)10(16)18-6-2/h7H,5-6H2,1-4H3,(H,13,14). The van der Waals surface area contributed by atoms with E-state index in [0.29, 0.717) is 18.4 Å². The number of rotatable bonds is 6. The highest BCUT2D eigenvalue weighted by molar-refractivity contribution is 8.01. The lowest BCUT2D eigenvalue weighted by atomic mass is 10.2. The van der Waals surface area contributed by atoms with Crippen LogP contribution in [0.1, 0.15) is 38.2 Å². The van der Waals surface area contributed by atoms with Gasteiger partial charge in [0, 0.05) is 0 Å². The van der Waals surface area contributed by atoms with Crippen molar-refractivity contribution in [3.05, 3.63) is 11.9 Å². The summed E-state index contributed by atoms with van der Waals surface area (Å²) in [4.78, 5) is 30.1. The normalized spacial score (nSPS) is 11.2. The molecule has 0 aromatic carbocycles. The maximum Gasteiger partial charge on any atom is 0.356 e. The van der Waals surface area contributed by atoms with Crippen LogP contribution in [-0.2, 0) is 14.3 Å². The van der Waals surface area contributed by atoms with Crippen molar-refractivity contribution in [2.75, 3.05) is 13.2 Å². The number of ether oxygens (including phenoxy) is 2. The Bertz CT molecular complexity index is 456. The maximum absolute atomic E-state index is 11.7. The van der Waals surface area contributed by atoms with Crippen molar-refractivity contribution in [1.82, 2.24) is 9.97 Å². The maximum atomic E-state index is 11.7. The highest BCUT2D eigenvalue weighted by Crippen LogP contribution is 2.31. The van der Waals surface area contributed by atoms with Gasteiger partial charge in [0.05, 0.1) is 19.4 Å². The van der Waals surface area contributed by atoms with Crippen molar-refractivity contribution in [3.8, 4) is 0 Å². The van der Waals surface area contributed by atoms with Crippen molar-refractivity contribution in [3.63, 3.8) is 0 Å². The fourth-order valence-corrected chi connectivity index (χ4v) is 2.15. The van der Waals surface area contributed by atoms with Crippen molar-refractivity contribution in [2.45, 2.75) is 37.6 Å². The zero-order valence-corrected chi connectivity index (χ0v) is 12.3. The lowest BCUT2D eigenvalue weighted by Crippen LogP contribution is -2.30. The molecule has 0 amide bonds. The number of hydrogen-bond acceptors (Lipinski definition) is 6. The second kappa shape index (κ2) is 6.60. The molecule has 1 N–H and O–H groups in total. The number of carbonyl (C=O) groups is 2. The SMILES string of the molecule is CCOC(=O)c1cnc(SC(C)(C)C(=O)OCC)[nH]1. The van der Waals surface area contributed by atoms with Gasteiger partial charge in [-0.05, 0) is 27.7 Å². The summed E-state index contributed by atoms with van der Waals surface area (Å²) in [6.07, 6.45) is 1.39. The molecule has 0 saturated carbocycles. The van der Waals surface area contributed by atoms with Gasteiger partial charge in [0.2, 0.25) is 0 Å². The summed E-state index contributed by atoms with van der Waals surface area (Å²) in [5.41, 5.74) is 0.268. The van der Waals surface area contributed by atoms with E-state index in [4.69, 9.17) is 9.47 Å². The lowest BCUT2D eigenvalue weighted by molar-refractivity contribution is -0.145. The molecule has 0 aliphatic rings. The molecular weight excluding hydrogens is 268 g/mol. The Morgan fingerprint density at radius 2 is 1.95 bits per heavy atom. The monoisotopic (exact) mass is 286 g/mol. The molecule has 0 bridgehead atoms. The van der Waals surface area contributed by atoms with Crippen LogP contribution in [0, 0.1) is 0 Å². The first-order valence-electron chi connectivity index (χ1n) is 5.99. The average molecular weight is 286 g/mol. The third-order valence-electron chi connectivity index (χ3n) is 2.17. The molecule has 7 heteroatoms. The largest absolute Gasteiger partial charge is 0.465 e. The molecule has 0 unspecified atom stereocenters. The third-order valence-corrected chi connectivity index (χ3v) is 3.24. The summed E-state index contributed by atoms with van der Waals surface area (Å²) in [6, 6.07) is 0. The number of aromatic nitrogens is 2. The van der Waals surface area contributed by atoms with Crippen LogP contribution in [0.5, 0.6) is 0 Å². The van der Waals surface area contributed by atoms with Gasteiger partial charge < -0.3 is 14.5 Å². The smallest absolute Gasteiger partial charge is 0.356 e. The van der Waals surface area contributed by atoms with E-state index in [1.165, 1.54) is 18.0 Å². The predicted molar refractivity (Wildman–Crippen MR) is 71.1 cm³/mol. The Morgan fingerprint density at radius 1 is 1.32 bits per heavy atom. The van der Waals surface area contributed by atoms with Crippen LogP contribution in [0.4, 0.5) is 0 Å². The topological polar surface area (TPSA) is 81.3 Å². The first-order valence-corrected chi connectivity index (χ1v) is 6.80. The van der Waals surface area contributed by atoms with E-state index < -0.39 is 10.7 Å². The number of H-pyrrole nitrogens is 1. The molecule has 1 heterocycles. The molecule has 1 aromatic heterocycles. The molecule has 0 spiro atoms. The van der Waals surface area contributed by atoms with Crippen molar-refractivity contribution < 1.29 is 19.1 Å². The van der Waals surface area contributed by atoms with Crippen molar-refractivity contribution >= 4 is 23.7 Å². The van der Waals surface area contributed by atoms with Crippen LogP contribution >= 0.6 is 11.8 Å². The molecule has 0 fully saturated rings. The van der Waals surface area contributed by atoms with Crippen LogP contribution in [-0.4, -0.2) is 39.9 Å². The third kappa shape index (κ3) is 4.27. The number of carbonyl (C=O) groups excluding carboxylic acids is 2. The van der Waals surface area contributed by atoms with Gasteiger partial charge in [0.15, 0.2) is 5.16 Å². The fourth-order valence-electron chi connectivity index (χ4n) is 1.26. The zero-order valence-electron chi connectivity index (χ0n) is 11.5. The molecule has 19 heavy (non-hydrogen) atoms. The molecule has 1 rings (SSSR count). The minimum absolute atomic E-state index is 0.268. The molecular formula is C12H18N2O4S. The Balaban J connectivity index is 2.72. The van der Waals surface area contributed by atoms with E-state index in [-0.39, 0.29) is 11.7 Å². The number of aromatic amines is 1. The van der Waals surface area contributed by atoms with E-state index in [2.05, 4.69) is 9.97 Å². The van der Waals surface area contributed by atoms with E-state index in [1.807, 2.05) is 0 Å². The summed E-state index contributed by atoms with van der Waals surface area (Å²) in [7, 11) is 0. The number of esters is 2. The van der Waals surface area contributed by atoms with Gasteiger partial charge in [-0.1, -0.05) is 11.8 Å². The number of hydrogen-bond donors (Lipinski definition) is 1. The quantitative estimate of drug-likeness (QED) is 0.636. The predicted octanol–water partition coefficient (Wildman–Crippen LogP) is 2.02. The lowest BCUT2D eigenvalue weighted by Gasteiger charge is -2.19. The summed E-state index contributed by atoms with van der Waals surface area (Å²) in [6.45, 7) is 7.59. The van der Waals surface area contributed by atoms with Gasteiger partial charge in [0.25, 0.3) is 0 Å².